The van der Waals surface area contributed by atoms with Gasteiger partial charge < -0.3 is 0 Å². The topological polar surface area (TPSA) is 58.5 Å². The molecule has 0 fully saturated rings. The van der Waals surface area contributed by atoms with Gasteiger partial charge in [-0.3, -0.25) is 9.71 Å². The SMILES string of the molecule is CCC(C)(CCl)N=C1NS(=O)(=O)c2ccccc21. The van der Waals surface area contributed by atoms with Crippen LogP contribution in [0.25, 0.3) is 0 Å². The number of nitrogens with zero attached hydrogens (tertiary/aromatic N) is 1. The van der Waals surface area contributed by atoms with Gasteiger partial charge in [-0.2, -0.15) is 0 Å². The lowest BCUT2D eigenvalue weighted by Gasteiger charge is -2.20. The van der Waals surface area contributed by atoms with Crippen molar-refractivity contribution in [1.29, 1.82) is 0 Å². The highest BCUT2D eigenvalue weighted by Crippen LogP contribution is 2.25. The fraction of sp³-hybridized carbons (Fsp3) is 0.417. The summed E-state index contributed by atoms with van der Waals surface area (Å²) in [6.45, 7) is 3.88. The fourth-order valence-electron chi connectivity index (χ4n) is 1.69. The molecule has 1 aromatic rings. The fourth-order valence-corrected chi connectivity index (χ4v) is 3.17. The minimum Gasteiger partial charge on any atom is -0.263 e. The molecule has 1 atom stereocenters. The molecule has 0 saturated heterocycles. The quantitative estimate of drug-likeness (QED) is 0.866. The maximum Gasteiger partial charge on any atom is 0.263 e. The van der Waals surface area contributed by atoms with E-state index in [9.17, 15) is 8.42 Å². The number of aliphatic imine (C=N–C) groups is 1. The Balaban J connectivity index is 2.55. The van der Waals surface area contributed by atoms with E-state index in [-0.39, 0.29) is 4.90 Å². The van der Waals surface area contributed by atoms with Gasteiger partial charge >= 0.3 is 0 Å². The van der Waals surface area contributed by atoms with Gasteiger partial charge in [-0.15, -0.1) is 11.6 Å². The summed E-state index contributed by atoms with van der Waals surface area (Å²) >= 11 is 5.90. The Morgan fingerprint density at radius 2 is 2.06 bits per heavy atom. The maximum absolute atomic E-state index is 11.9. The lowest BCUT2D eigenvalue weighted by molar-refractivity contribution is 0.510. The van der Waals surface area contributed by atoms with Crippen molar-refractivity contribution in [3.8, 4) is 0 Å². The molecule has 0 amide bonds. The molecule has 1 aliphatic rings. The van der Waals surface area contributed by atoms with Crippen LogP contribution in [-0.4, -0.2) is 25.7 Å². The van der Waals surface area contributed by atoms with Crippen molar-refractivity contribution in [3.63, 3.8) is 0 Å². The van der Waals surface area contributed by atoms with E-state index in [1.54, 1.807) is 24.3 Å². The van der Waals surface area contributed by atoms with Crippen LogP contribution in [0.4, 0.5) is 0 Å². The first-order valence-electron chi connectivity index (χ1n) is 5.70. The first-order chi connectivity index (χ1) is 8.42. The normalized spacial score (nSPS) is 22.3. The summed E-state index contributed by atoms with van der Waals surface area (Å²) in [6, 6.07) is 6.81. The highest BCUT2D eigenvalue weighted by atomic mass is 35.5. The van der Waals surface area contributed by atoms with E-state index in [4.69, 9.17) is 11.6 Å². The van der Waals surface area contributed by atoms with Crippen molar-refractivity contribution in [3.05, 3.63) is 29.8 Å². The molecular weight excluding hydrogens is 272 g/mol. The molecule has 98 valence electrons. The smallest absolute Gasteiger partial charge is 0.263 e. The Labute approximate surface area is 112 Å². The van der Waals surface area contributed by atoms with Crippen molar-refractivity contribution in [1.82, 2.24) is 4.72 Å². The number of hydrogen-bond acceptors (Lipinski definition) is 3. The molecule has 0 aliphatic carbocycles. The molecule has 0 radical (unpaired) electrons. The molecule has 0 spiro atoms. The van der Waals surface area contributed by atoms with Crippen LogP contribution in [0.1, 0.15) is 25.8 Å². The van der Waals surface area contributed by atoms with Gasteiger partial charge in [-0.25, -0.2) is 8.42 Å². The molecule has 1 N–H and O–H groups in total. The van der Waals surface area contributed by atoms with E-state index in [0.717, 1.165) is 6.42 Å². The number of rotatable bonds is 3. The van der Waals surface area contributed by atoms with E-state index in [0.29, 0.717) is 17.3 Å². The predicted octanol–water partition coefficient (Wildman–Crippen LogP) is 2.13. The summed E-state index contributed by atoms with van der Waals surface area (Å²) in [6.07, 6.45) is 0.740. The van der Waals surface area contributed by atoms with Gasteiger partial charge in [0.15, 0.2) is 0 Å². The van der Waals surface area contributed by atoms with E-state index in [1.165, 1.54) is 0 Å². The van der Waals surface area contributed by atoms with Crippen molar-refractivity contribution in [2.75, 3.05) is 5.88 Å². The van der Waals surface area contributed by atoms with Crippen LogP contribution >= 0.6 is 11.6 Å². The van der Waals surface area contributed by atoms with Gasteiger partial charge in [0.05, 0.1) is 10.4 Å². The van der Waals surface area contributed by atoms with Crippen LogP contribution in [0.3, 0.4) is 0 Å². The van der Waals surface area contributed by atoms with E-state index in [2.05, 4.69) is 9.71 Å². The van der Waals surface area contributed by atoms with Crippen LogP contribution in [0.15, 0.2) is 34.2 Å². The number of sulfonamides is 1. The van der Waals surface area contributed by atoms with Gasteiger partial charge in [-0.05, 0) is 25.5 Å². The van der Waals surface area contributed by atoms with Crippen LogP contribution in [0.2, 0.25) is 0 Å². The Morgan fingerprint density at radius 1 is 1.39 bits per heavy atom. The third kappa shape index (κ3) is 2.24. The summed E-state index contributed by atoms with van der Waals surface area (Å²) in [5.41, 5.74) is 0.152. The third-order valence-corrected chi connectivity index (χ3v) is 5.07. The summed E-state index contributed by atoms with van der Waals surface area (Å²) in [7, 11) is -3.47. The average molecular weight is 287 g/mol. The van der Waals surface area contributed by atoms with Gasteiger partial charge in [0, 0.05) is 11.4 Å². The minimum absolute atomic E-state index is 0.275. The highest BCUT2D eigenvalue weighted by molar-refractivity contribution is 7.90. The highest BCUT2D eigenvalue weighted by Gasteiger charge is 2.32. The zero-order chi connectivity index (χ0) is 13.4. The van der Waals surface area contributed by atoms with Gasteiger partial charge in [-0.1, -0.05) is 19.1 Å². The molecule has 2 rings (SSSR count). The first kappa shape index (κ1) is 13.4. The monoisotopic (exact) mass is 286 g/mol. The summed E-state index contributed by atoms with van der Waals surface area (Å²) in [4.78, 5) is 4.75. The van der Waals surface area contributed by atoms with Crippen molar-refractivity contribution >= 4 is 27.5 Å². The predicted molar refractivity (Wildman–Crippen MR) is 72.7 cm³/mol. The Hall–Kier alpha value is -1.07. The Kier molecular flexibility index (Phi) is 3.38. The minimum atomic E-state index is -3.47. The second-order valence-electron chi connectivity index (χ2n) is 4.55. The molecule has 4 nitrogen and oxygen atoms in total. The van der Waals surface area contributed by atoms with E-state index in [1.807, 2.05) is 13.8 Å². The Morgan fingerprint density at radius 3 is 2.67 bits per heavy atom. The zero-order valence-corrected chi connectivity index (χ0v) is 11.8. The van der Waals surface area contributed by atoms with Crippen molar-refractivity contribution in [2.45, 2.75) is 30.7 Å². The molecule has 0 saturated carbocycles. The van der Waals surface area contributed by atoms with Crippen LogP contribution in [-0.2, 0) is 10.0 Å². The number of alkyl halides is 1. The summed E-state index contributed by atoms with van der Waals surface area (Å²) in [5.74, 6) is 0.729. The van der Waals surface area contributed by atoms with Crippen molar-refractivity contribution in [2.24, 2.45) is 4.99 Å². The van der Waals surface area contributed by atoms with Gasteiger partial charge in [0.2, 0.25) is 0 Å². The lowest BCUT2D eigenvalue weighted by Crippen LogP contribution is -2.30. The molecule has 18 heavy (non-hydrogen) atoms. The lowest BCUT2D eigenvalue weighted by atomic mass is 10.0. The molecule has 1 aromatic carbocycles. The summed E-state index contributed by atoms with van der Waals surface area (Å²) < 4.78 is 26.3. The number of benzene rings is 1. The van der Waals surface area contributed by atoms with Gasteiger partial charge in [0.1, 0.15) is 5.84 Å². The van der Waals surface area contributed by atoms with E-state index < -0.39 is 15.6 Å². The third-order valence-electron chi connectivity index (χ3n) is 3.09. The molecule has 1 heterocycles. The standard InChI is InChI=1S/C12H15ClN2O2S/c1-3-12(2,8-13)14-11-9-6-4-5-7-10(9)18(16,17)15-11/h4-7H,3,8H2,1-2H3,(H,14,15). The molecular formula is C12H15ClN2O2S. The van der Waals surface area contributed by atoms with Gasteiger partial charge in [0.25, 0.3) is 10.0 Å². The van der Waals surface area contributed by atoms with E-state index >= 15 is 0 Å². The molecule has 1 unspecified atom stereocenters. The molecule has 0 aromatic heterocycles. The number of amidine groups is 1. The largest absolute Gasteiger partial charge is 0.263 e. The van der Waals surface area contributed by atoms with Crippen molar-refractivity contribution < 1.29 is 8.42 Å². The first-order valence-corrected chi connectivity index (χ1v) is 7.72. The number of halogens is 1. The van der Waals surface area contributed by atoms with Crippen LogP contribution in [0.5, 0.6) is 0 Å². The number of nitrogens with one attached hydrogen (secondary N) is 1. The summed E-state index contributed by atoms with van der Waals surface area (Å²) in [5, 5.41) is 0. The van der Waals surface area contributed by atoms with Crippen LogP contribution < -0.4 is 4.72 Å². The zero-order valence-electron chi connectivity index (χ0n) is 10.3. The Bertz CT molecular complexity index is 592. The van der Waals surface area contributed by atoms with Crippen LogP contribution in [0, 0.1) is 0 Å². The maximum atomic E-state index is 11.9. The molecule has 1 aliphatic heterocycles. The second-order valence-corrected chi connectivity index (χ2v) is 6.46. The molecule has 6 heteroatoms. The second kappa shape index (κ2) is 4.55. The average Bonchev–Trinajstić information content (AvgIpc) is 2.61. The number of hydrogen-bond donors (Lipinski definition) is 1. The molecule has 0 bridgehead atoms. The number of fused-ring (bicyclic) bond motifs is 1.